The first kappa shape index (κ1) is 11.2. The summed E-state index contributed by atoms with van der Waals surface area (Å²) in [6.45, 7) is 4.10. The fourth-order valence-corrected chi connectivity index (χ4v) is 1.51. The van der Waals surface area contributed by atoms with Crippen molar-refractivity contribution in [2.45, 2.75) is 13.8 Å². The lowest BCUT2D eigenvalue weighted by atomic mass is 10.0. The summed E-state index contributed by atoms with van der Waals surface area (Å²) >= 11 is 3.45. The van der Waals surface area contributed by atoms with Gasteiger partial charge in [0.25, 0.3) is 0 Å². The van der Waals surface area contributed by atoms with Crippen LogP contribution in [0.2, 0.25) is 0 Å². The first-order valence-corrected chi connectivity index (χ1v) is 5.36. The van der Waals surface area contributed by atoms with E-state index in [2.05, 4.69) is 29.8 Å². The van der Waals surface area contributed by atoms with Gasteiger partial charge in [0.1, 0.15) is 0 Å². The minimum Gasteiger partial charge on any atom is -0.298 e. The van der Waals surface area contributed by atoms with Crippen molar-refractivity contribution in [3.63, 3.8) is 0 Å². The number of hydrogen-bond acceptors (Lipinski definition) is 1. The Kier molecular flexibility index (Phi) is 4.08. The lowest BCUT2D eigenvalue weighted by Crippen LogP contribution is -1.94. The third-order valence-electron chi connectivity index (χ3n) is 1.97. The van der Waals surface area contributed by atoms with Crippen molar-refractivity contribution in [2.75, 3.05) is 0 Å². The summed E-state index contributed by atoms with van der Waals surface area (Å²) in [6.07, 6.45) is 0.902. The second-order valence-corrected chi connectivity index (χ2v) is 4.25. The van der Waals surface area contributed by atoms with Crippen molar-refractivity contribution >= 4 is 27.8 Å². The monoisotopic (exact) mass is 252 g/mol. The van der Waals surface area contributed by atoms with Gasteiger partial charge in [-0.1, -0.05) is 60.1 Å². The van der Waals surface area contributed by atoms with E-state index < -0.39 is 0 Å². The average molecular weight is 253 g/mol. The molecular weight excluding hydrogens is 240 g/mol. The molecule has 74 valence electrons. The van der Waals surface area contributed by atoms with Crippen LogP contribution in [0.3, 0.4) is 0 Å². The molecule has 1 aromatic rings. The number of halogens is 1. The highest BCUT2D eigenvalue weighted by atomic mass is 79.9. The third kappa shape index (κ3) is 2.55. The fraction of sp³-hybridized carbons (Fsp3) is 0.250. The van der Waals surface area contributed by atoms with Gasteiger partial charge in [0.15, 0.2) is 6.29 Å². The maximum Gasteiger partial charge on any atom is 0.151 e. The van der Waals surface area contributed by atoms with Crippen LogP contribution in [0, 0.1) is 5.92 Å². The smallest absolute Gasteiger partial charge is 0.151 e. The molecule has 0 saturated heterocycles. The van der Waals surface area contributed by atoms with Gasteiger partial charge in [0.05, 0.1) is 0 Å². The standard InChI is InChI=1S/C12H13BrO/c1-9(2)12(13)11(8-14)10-6-4-3-5-7-10/h3-9H,1-2H3/b12-11+. The first-order valence-electron chi connectivity index (χ1n) is 4.57. The van der Waals surface area contributed by atoms with E-state index in [-0.39, 0.29) is 0 Å². The Balaban J connectivity index is 3.17. The molecule has 1 rings (SSSR count). The second kappa shape index (κ2) is 5.11. The number of rotatable bonds is 3. The molecule has 0 bridgehead atoms. The van der Waals surface area contributed by atoms with Gasteiger partial charge in [-0.15, -0.1) is 0 Å². The van der Waals surface area contributed by atoms with Gasteiger partial charge < -0.3 is 0 Å². The normalized spacial score (nSPS) is 12.6. The van der Waals surface area contributed by atoms with Crippen LogP contribution in [0.1, 0.15) is 19.4 Å². The third-order valence-corrected chi connectivity index (χ3v) is 3.31. The Labute approximate surface area is 93.0 Å². The van der Waals surface area contributed by atoms with Crippen LogP contribution < -0.4 is 0 Å². The number of benzene rings is 1. The van der Waals surface area contributed by atoms with E-state index in [9.17, 15) is 4.79 Å². The molecule has 0 amide bonds. The molecule has 0 aliphatic rings. The summed E-state index contributed by atoms with van der Waals surface area (Å²) in [6, 6.07) is 9.68. The number of allylic oxidation sites excluding steroid dienone is 2. The molecule has 1 nitrogen and oxygen atoms in total. The minimum absolute atomic E-state index is 0.329. The van der Waals surface area contributed by atoms with Crippen LogP contribution in [0.5, 0.6) is 0 Å². The van der Waals surface area contributed by atoms with Crippen LogP contribution in [-0.2, 0) is 4.79 Å². The molecule has 0 saturated carbocycles. The predicted molar refractivity (Wildman–Crippen MR) is 63.2 cm³/mol. The Hall–Kier alpha value is -0.890. The molecule has 0 atom stereocenters. The van der Waals surface area contributed by atoms with Gasteiger partial charge in [0, 0.05) is 10.1 Å². The van der Waals surface area contributed by atoms with E-state index in [1.807, 2.05) is 30.3 Å². The van der Waals surface area contributed by atoms with Crippen molar-refractivity contribution in [1.29, 1.82) is 0 Å². The van der Waals surface area contributed by atoms with Crippen LogP contribution in [0.25, 0.3) is 5.57 Å². The van der Waals surface area contributed by atoms with E-state index in [4.69, 9.17) is 0 Å². The van der Waals surface area contributed by atoms with E-state index in [1.165, 1.54) is 0 Å². The highest BCUT2D eigenvalue weighted by Gasteiger charge is 2.08. The van der Waals surface area contributed by atoms with Gasteiger partial charge in [-0.25, -0.2) is 0 Å². The minimum atomic E-state index is 0.329. The maximum atomic E-state index is 11.0. The van der Waals surface area contributed by atoms with Crippen LogP contribution in [-0.4, -0.2) is 6.29 Å². The summed E-state index contributed by atoms with van der Waals surface area (Å²) in [5.41, 5.74) is 1.70. The fourth-order valence-electron chi connectivity index (χ4n) is 1.19. The van der Waals surface area contributed by atoms with Gasteiger partial charge in [-0.2, -0.15) is 0 Å². The zero-order valence-electron chi connectivity index (χ0n) is 8.33. The summed E-state index contributed by atoms with van der Waals surface area (Å²) in [7, 11) is 0. The van der Waals surface area contributed by atoms with E-state index in [0.717, 1.165) is 21.9 Å². The zero-order valence-corrected chi connectivity index (χ0v) is 9.91. The lowest BCUT2D eigenvalue weighted by molar-refractivity contribution is -0.103. The van der Waals surface area contributed by atoms with E-state index >= 15 is 0 Å². The molecule has 0 aromatic heterocycles. The number of aldehydes is 1. The van der Waals surface area contributed by atoms with Crippen molar-refractivity contribution < 1.29 is 4.79 Å². The molecule has 2 heteroatoms. The van der Waals surface area contributed by atoms with E-state index in [1.54, 1.807) is 0 Å². The van der Waals surface area contributed by atoms with Crippen molar-refractivity contribution in [2.24, 2.45) is 5.92 Å². The second-order valence-electron chi connectivity index (χ2n) is 3.40. The van der Waals surface area contributed by atoms with Crippen molar-refractivity contribution in [3.05, 3.63) is 40.4 Å². The summed E-state index contributed by atoms with van der Waals surface area (Å²) in [5.74, 6) is 0.329. The molecule has 0 N–H and O–H groups in total. The molecule has 0 fully saturated rings. The zero-order chi connectivity index (χ0) is 10.6. The van der Waals surface area contributed by atoms with Crippen LogP contribution in [0.4, 0.5) is 0 Å². The quantitative estimate of drug-likeness (QED) is 0.593. The SMILES string of the molecule is CC(C)/C(Br)=C(/C=O)c1ccccc1. The largest absolute Gasteiger partial charge is 0.298 e. The summed E-state index contributed by atoms with van der Waals surface area (Å²) < 4.78 is 0.957. The van der Waals surface area contributed by atoms with Gasteiger partial charge >= 0.3 is 0 Å². The molecule has 0 aliphatic carbocycles. The van der Waals surface area contributed by atoms with Crippen molar-refractivity contribution in [3.8, 4) is 0 Å². The lowest BCUT2D eigenvalue weighted by Gasteiger charge is -2.08. The average Bonchev–Trinajstić information content (AvgIpc) is 2.20. The van der Waals surface area contributed by atoms with Gasteiger partial charge in [-0.3, -0.25) is 4.79 Å². The Bertz CT molecular complexity index is 339. The first-order chi connectivity index (χ1) is 6.66. The number of hydrogen-bond donors (Lipinski definition) is 0. The highest BCUT2D eigenvalue weighted by Crippen LogP contribution is 2.26. The Morgan fingerprint density at radius 1 is 1.29 bits per heavy atom. The predicted octanol–water partition coefficient (Wildman–Crippen LogP) is 3.65. The summed E-state index contributed by atoms with van der Waals surface area (Å²) in [5, 5.41) is 0. The Morgan fingerprint density at radius 3 is 2.29 bits per heavy atom. The Morgan fingerprint density at radius 2 is 1.86 bits per heavy atom. The van der Waals surface area contributed by atoms with Gasteiger partial charge in [0.2, 0.25) is 0 Å². The van der Waals surface area contributed by atoms with E-state index in [0.29, 0.717) is 5.92 Å². The molecule has 0 heterocycles. The highest BCUT2D eigenvalue weighted by molar-refractivity contribution is 9.11. The molecule has 0 radical (unpaired) electrons. The van der Waals surface area contributed by atoms with Crippen LogP contribution >= 0.6 is 15.9 Å². The molecule has 0 unspecified atom stereocenters. The van der Waals surface area contributed by atoms with Crippen LogP contribution in [0.15, 0.2) is 34.8 Å². The molecular formula is C12H13BrO. The van der Waals surface area contributed by atoms with Gasteiger partial charge in [-0.05, 0) is 11.5 Å². The summed E-state index contributed by atoms with van der Waals surface area (Å²) in [4.78, 5) is 11.0. The topological polar surface area (TPSA) is 17.1 Å². The maximum absolute atomic E-state index is 11.0. The number of carbonyl (C=O) groups excluding carboxylic acids is 1. The molecule has 0 spiro atoms. The van der Waals surface area contributed by atoms with Crippen molar-refractivity contribution in [1.82, 2.24) is 0 Å². The molecule has 14 heavy (non-hydrogen) atoms. The molecule has 1 aromatic carbocycles. The number of carbonyl (C=O) groups is 1. The molecule has 0 aliphatic heterocycles.